The summed E-state index contributed by atoms with van der Waals surface area (Å²) in [6.07, 6.45) is 0. The van der Waals surface area contributed by atoms with E-state index >= 15 is 0 Å². The summed E-state index contributed by atoms with van der Waals surface area (Å²) in [6, 6.07) is 19.6. The first-order valence-electron chi connectivity index (χ1n) is 8.18. The number of fused-ring (bicyclic) bond motifs is 2. The van der Waals surface area contributed by atoms with Crippen molar-refractivity contribution < 1.29 is 4.42 Å². The van der Waals surface area contributed by atoms with Gasteiger partial charge in [0.25, 0.3) is 0 Å². The molecule has 0 unspecified atom stereocenters. The van der Waals surface area contributed by atoms with Crippen LogP contribution < -0.4 is 11.1 Å². The molecule has 0 aromatic heterocycles. The van der Waals surface area contributed by atoms with Gasteiger partial charge in [-0.25, -0.2) is 0 Å². The van der Waals surface area contributed by atoms with Crippen LogP contribution >= 0.6 is 11.6 Å². The number of hydrogen-bond acceptors (Lipinski definition) is 3. The van der Waals surface area contributed by atoms with Crippen molar-refractivity contribution in [3.8, 4) is 22.5 Å². The van der Waals surface area contributed by atoms with Crippen LogP contribution in [0.1, 0.15) is 6.92 Å². The van der Waals surface area contributed by atoms with Gasteiger partial charge in [-0.3, -0.25) is 4.99 Å². The molecule has 0 bridgehead atoms. The third-order valence-electron chi connectivity index (χ3n) is 4.18. The maximum absolute atomic E-state index is 6.23. The van der Waals surface area contributed by atoms with Gasteiger partial charge in [0, 0.05) is 45.9 Å². The molecule has 3 nitrogen and oxygen atoms in total. The van der Waals surface area contributed by atoms with E-state index in [1.165, 1.54) is 0 Å². The molecule has 0 saturated heterocycles. The molecule has 2 N–H and O–H groups in total. The summed E-state index contributed by atoms with van der Waals surface area (Å²) < 4.78 is 6.13. The van der Waals surface area contributed by atoms with Gasteiger partial charge in [-0.1, -0.05) is 23.7 Å². The Morgan fingerprint density at radius 3 is 2.72 bits per heavy atom. The molecule has 0 spiro atoms. The van der Waals surface area contributed by atoms with Crippen molar-refractivity contribution in [3.63, 3.8) is 0 Å². The first kappa shape index (κ1) is 15.7. The van der Waals surface area contributed by atoms with Crippen molar-refractivity contribution in [1.29, 1.82) is 0 Å². The molecule has 1 heterocycles. The summed E-state index contributed by atoms with van der Waals surface area (Å²) in [5.41, 5.74) is 10.5. The second-order valence-electron chi connectivity index (χ2n) is 5.90. The molecule has 0 atom stereocenters. The van der Waals surface area contributed by atoms with Crippen molar-refractivity contribution in [2.24, 2.45) is 4.99 Å². The molecule has 2 aliphatic rings. The molecule has 0 radical (unpaired) electrons. The quantitative estimate of drug-likeness (QED) is 0.391. The van der Waals surface area contributed by atoms with Gasteiger partial charge in [-0.2, -0.15) is 0 Å². The van der Waals surface area contributed by atoms with Gasteiger partial charge in [0.1, 0.15) is 11.3 Å². The summed E-state index contributed by atoms with van der Waals surface area (Å²) in [6.45, 7) is 2.74. The van der Waals surface area contributed by atoms with Crippen LogP contribution in [-0.2, 0) is 0 Å². The Bertz CT molecular complexity index is 1110. The zero-order valence-electron chi connectivity index (χ0n) is 13.8. The van der Waals surface area contributed by atoms with Gasteiger partial charge in [0.2, 0.25) is 0 Å². The average molecular weight is 349 g/mol. The molecule has 0 amide bonds. The van der Waals surface area contributed by atoms with E-state index in [-0.39, 0.29) is 0 Å². The molecule has 4 rings (SSSR count). The fourth-order valence-electron chi connectivity index (χ4n) is 3.13. The van der Waals surface area contributed by atoms with Crippen LogP contribution in [-0.4, -0.2) is 6.54 Å². The van der Waals surface area contributed by atoms with Crippen LogP contribution in [0.2, 0.25) is 5.02 Å². The highest BCUT2D eigenvalue weighted by Crippen LogP contribution is 2.40. The van der Waals surface area contributed by atoms with Crippen LogP contribution in [0.3, 0.4) is 0 Å². The Labute approximate surface area is 150 Å². The van der Waals surface area contributed by atoms with Crippen LogP contribution in [0.4, 0.5) is 5.69 Å². The molecule has 2 aromatic carbocycles. The van der Waals surface area contributed by atoms with Crippen molar-refractivity contribution in [1.82, 2.24) is 0 Å². The minimum atomic E-state index is 0.669. The molecule has 2 aromatic rings. The normalized spacial score (nSPS) is 12.2. The molecule has 4 heteroatoms. The van der Waals surface area contributed by atoms with Crippen molar-refractivity contribution in [2.45, 2.75) is 6.92 Å². The first-order valence-corrected chi connectivity index (χ1v) is 8.56. The topological polar surface area (TPSA) is 51.5 Å². The van der Waals surface area contributed by atoms with Gasteiger partial charge in [0.15, 0.2) is 0 Å². The highest BCUT2D eigenvalue weighted by molar-refractivity contribution is 6.31. The lowest BCUT2D eigenvalue weighted by atomic mass is 9.93. The number of nitrogen functional groups attached to an aromatic ring is 1. The van der Waals surface area contributed by atoms with Crippen LogP contribution in [0.15, 0.2) is 70.1 Å². The number of nitrogens with zero attached hydrogens (tertiary/aromatic N) is 1. The zero-order valence-corrected chi connectivity index (χ0v) is 14.5. The summed E-state index contributed by atoms with van der Waals surface area (Å²) in [5, 5.41) is 2.61. The van der Waals surface area contributed by atoms with Gasteiger partial charge in [-0.05, 0) is 48.9 Å². The number of hydrogen-bond donors (Lipinski definition) is 1. The van der Waals surface area contributed by atoms with Crippen LogP contribution in [0.25, 0.3) is 33.4 Å². The second-order valence-corrected chi connectivity index (χ2v) is 6.33. The number of anilines is 1. The van der Waals surface area contributed by atoms with Gasteiger partial charge >= 0.3 is 0 Å². The fraction of sp³-hybridized carbons (Fsp3) is 0.0952. The van der Waals surface area contributed by atoms with Crippen molar-refractivity contribution in [2.75, 3.05) is 12.3 Å². The Morgan fingerprint density at radius 1 is 1.04 bits per heavy atom. The lowest BCUT2D eigenvalue weighted by molar-refractivity contribution is 0.619. The Balaban J connectivity index is 2.15. The first-order chi connectivity index (χ1) is 12.2. The second kappa shape index (κ2) is 6.26. The number of rotatable bonds is 2. The smallest absolute Gasteiger partial charge is 0.137 e. The molecule has 25 heavy (non-hydrogen) atoms. The molecular weight excluding hydrogens is 332 g/mol. The van der Waals surface area contributed by atoms with E-state index in [1.54, 1.807) is 0 Å². The highest BCUT2D eigenvalue weighted by atomic mass is 35.5. The lowest BCUT2D eigenvalue weighted by Crippen LogP contribution is -2.03. The molecule has 0 fully saturated rings. The summed E-state index contributed by atoms with van der Waals surface area (Å²) in [4.78, 5) is 4.47. The maximum atomic E-state index is 6.23. The number of benzene rings is 3. The standard InChI is InChI=1S/C21H17ClN2O/c1-2-24-16-7-9-18-20(12-16)25-19-11-15(23)6-8-17(19)21(18)13-4-3-5-14(22)10-13/h3-12H,2,23H2,1H3. The Kier molecular flexibility index (Phi) is 3.94. The summed E-state index contributed by atoms with van der Waals surface area (Å²) in [7, 11) is 0. The van der Waals surface area contributed by atoms with Gasteiger partial charge < -0.3 is 10.2 Å². The minimum Gasteiger partial charge on any atom is -0.456 e. The minimum absolute atomic E-state index is 0.669. The Hall–Kier alpha value is -2.78. The fourth-order valence-corrected chi connectivity index (χ4v) is 3.32. The third kappa shape index (κ3) is 2.87. The van der Waals surface area contributed by atoms with E-state index in [4.69, 9.17) is 21.8 Å². The number of nitrogens with two attached hydrogens (primary N) is 1. The number of halogens is 1. The van der Waals surface area contributed by atoms with Crippen LogP contribution in [0, 0.1) is 0 Å². The third-order valence-corrected chi connectivity index (χ3v) is 4.42. The Morgan fingerprint density at radius 2 is 1.92 bits per heavy atom. The van der Waals surface area contributed by atoms with Gasteiger partial charge in [0.05, 0.1) is 5.36 Å². The monoisotopic (exact) mass is 348 g/mol. The molecule has 1 aliphatic carbocycles. The van der Waals surface area contributed by atoms with Crippen molar-refractivity contribution >= 4 is 28.3 Å². The van der Waals surface area contributed by atoms with E-state index < -0.39 is 0 Å². The van der Waals surface area contributed by atoms with E-state index in [0.29, 0.717) is 10.7 Å². The highest BCUT2D eigenvalue weighted by Gasteiger charge is 2.17. The predicted molar refractivity (Wildman–Crippen MR) is 104 cm³/mol. The largest absolute Gasteiger partial charge is 0.456 e. The molecule has 0 saturated carbocycles. The van der Waals surface area contributed by atoms with E-state index in [1.807, 2.05) is 55.5 Å². The summed E-state index contributed by atoms with van der Waals surface area (Å²) >= 11 is 6.23. The van der Waals surface area contributed by atoms with Gasteiger partial charge in [-0.15, -0.1) is 0 Å². The predicted octanol–water partition coefficient (Wildman–Crippen LogP) is 5.36. The molecule has 1 aliphatic heterocycles. The molecular formula is C21H17ClN2O. The van der Waals surface area contributed by atoms with E-state index in [0.717, 1.165) is 45.3 Å². The average Bonchev–Trinajstić information content (AvgIpc) is 2.59. The van der Waals surface area contributed by atoms with Crippen molar-refractivity contribution in [3.05, 3.63) is 71.0 Å². The zero-order chi connectivity index (χ0) is 17.4. The summed E-state index contributed by atoms with van der Waals surface area (Å²) in [5.74, 6) is 0.780. The molecule has 124 valence electrons. The lowest BCUT2D eigenvalue weighted by Gasteiger charge is -2.15. The van der Waals surface area contributed by atoms with E-state index in [2.05, 4.69) is 17.1 Å². The SMILES string of the molecule is CCN=c1ccc2c(-c3cccc(Cl)c3)c3ccc(N)cc3oc-2c1. The van der Waals surface area contributed by atoms with Crippen LogP contribution in [0.5, 0.6) is 0 Å². The maximum Gasteiger partial charge on any atom is 0.137 e. The van der Waals surface area contributed by atoms with E-state index in [9.17, 15) is 0 Å².